The fraction of sp³-hybridized carbons (Fsp3) is 0.308. The van der Waals surface area contributed by atoms with Crippen LogP contribution in [0.1, 0.15) is 37.6 Å². The lowest BCUT2D eigenvalue weighted by Gasteiger charge is -2.32. The van der Waals surface area contributed by atoms with Crippen LogP contribution in [0.15, 0.2) is 77.9 Å². The Morgan fingerprint density at radius 2 is 1.73 bits per heavy atom. The van der Waals surface area contributed by atoms with Crippen LogP contribution in [-0.2, 0) is 28.6 Å². The molecule has 2 aliphatic rings. The maximum absolute atomic E-state index is 12.8. The second kappa shape index (κ2) is 9.81. The molecule has 7 heteroatoms. The molecule has 1 unspecified atom stereocenters. The highest BCUT2D eigenvalue weighted by atomic mass is 16.6. The van der Waals surface area contributed by atoms with E-state index < -0.39 is 42.1 Å². The highest BCUT2D eigenvalue weighted by Gasteiger charge is 2.50. The third-order valence-electron chi connectivity index (χ3n) is 5.54. The molecule has 0 radical (unpaired) electrons. The summed E-state index contributed by atoms with van der Waals surface area (Å²) in [5.74, 6) is -3.09. The average molecular weight is 450 g/mol. The quantitative estimate of drug-likeness (QED) is 0.392. The number of ether oxygens (including phenoxy) is 3. The first kappa shape index (κ1) is 23.9. The lowest BCUT2D eigenvalue weighted by atomic mass is 9.82. The minimum Gasteiger partial charge on any atom is -0.458 e. The topological polar surface area (TPSA) is 96.0 Å². The summed E-state index contributed by atoms with van der Waals surface area (Å²) < 4.78 is 17.0. The first-order valence-electron chi connectivity index (χ1n) is 10.5. The van der Waals surface area contributed by atoms with Crippen LogP contribution in [0.4, 0.5) is 0 Å². The van der Waals surface area contributed by atoms with Crippen LogP contribution in [0.5, 0.6) is 0 Å². The minimum atomic E-state index is -1.09. The largest absolute Gasteiger partial charge is 0.458 e. The van der Waals surface area contributed by atoms with Crippen molar-refractivity contribution in [2.45, 2.75) is 45.5 Å². The smallest absolute Gasteiger partial charge is 0.338 e. The van der Waals surface area contributed by atoms with Crippen molar-refractivity contribution < 1.29 is 33.4 Å². The van der Waals surface area contributed by atoms with Crippen LogP contribution in [0, 0.1) is 5.92 Å². The van der Waals surface area contributed by atoms with Gasteiger partial charge in [0.2, 0.25) is 0 Å². The van der Waals surface area contributed by atoms with Crippen molar-refractivity contribution in [3.8, 4) is 0 Å². The molecule has 0 N–H and O–H groups in total. The molecule has 0 saturated carbocycles. The van der Waals surface area contributed by atoms with Crippen LogP contribution >= 0.6 is 0 Å². The summed E-state index contributed by atoms with van der Waals surface area (Å²) in [5, 5.41) is 0. The van der Waals surface area contributed by atoms with E-state index in [9.17, 15) is 19.2 Å². The van der Waals surface area contributed by atoms with Crippen LogP contribution in [-0.4, -0.2) is 42.0 Å². The molecular weight excluding hydrogens is 424 g/mol. The zero-order valence-corrected chi connectivity index (χ0v) is 18.8. The lowest BCUT2D eigenvalue weighted by molar-refractivity contribution is -0.150. The van der Waals surface area contributed by atoms with E-state index in [1.165, 1.54) is 19.1 Å². The van der Waals surface area contributed by atoms with Gasteiger partial charge in [-0.25, -0.2) is 14.4 Å². The van der Waals surface area contributed by atoms with Gasteiger partial charge in [-0.2, -0.15) is 0 Å². The zero-order chi connectivity index (χ0) is 24.3. The number of ketones is 1. The van der Waals surface area contributed by atoms with E-state index in [4.69, 9.17) is 14.2 Å². The molecule has 1 aromatic carbocycles. The van der Waals surface area contributed by atoms with Gasteiger partial charge in [0, 0.05) is 17.6 Å². The molecule has 3 rings (SSSR count). The van der Waals surface area contributed by atoms with Crippen molar-refractivity contribution in [3.05, 3.63) is 83.5 Å². The predicted molar refractivity (Wildman–Crippen MR) is 120 cm³/mol. The molecule has 1 aliphatic carbocycles. The summed E-state index contributed by atoms with van der Waals surface area (Å²) >= 11 is 0. The molecule has 0 bridgehead atoms. The Labute approximate surface area is 192 Å². The molecule has 1 aromatic rings. The second-order valence-corrected chi connectivity index (χ2v) is 8.32. The van der Waals surface area contributed by atoms with Crippen LogP contribution in [0.25, 0.3) is 0 Å². The first-order chi connectivity index (χ1) is 15.6. The third-order valence-corrected chi connectivity index (χ3v) is 5.54. The van der Waals surface area contributed by atoms with Gasteiger partial charge in [0.25, 0.3) is 0 Å². The molecular formula is C26H26O7. The highest BCUT2D eigenvalue weighted by molar-refractivity contribution is 6.00. The molecule has 33 heavy (non-hydrogen) atoms. The number of benzene rings is 1. The Bertz CT molecular complexity index is 1080. The van der Waals surface area contributed by atoms with E-state index >= 15 is 0 Å². The monoisotopic (exact) mass is 450 g/mol. The number of carbonyl (C=O) groups excluding carboxylic acids is 4. The standard InChI is InChI=1S/C26H26O7/c1-14(2)24(28)31-20-12-15(3)11-19(27)13-16(4)22(23-21(20)17(5)25(29)33-23)32-26(30)18-9-7-6-8-10-18/h6-11,13,20-23H,1,5,12H2,2-4H3/b15-11+,16-13-/t20-,21?,22+,23-/m0/s1. The Balaban J connectivity index is 2.07. The Hall–Kier alpha value is -3.74. The number of hydrogen-bond donors (Lipinski definition) is 0. The van der Waals surface area contributed by atoms with E-state index in [0.29, 0.717) is 16.7 Å². The molecule has 0 spiro atoms. The Morgan fingerprint density at radius 1 is 1.06 bits per heavy atom. The molecule has 0 aromatic heterocycles. The Kier molecular flexibility index (Phi) is 7.11. The van der Waals surface area contributed by atoms with E-state index in [1.807, 2.05) is 0 Å². The number of rotatable bonds is 4. The molecule has 1 saturated heterocycles. The van der Waals surface area contributed by atoms with Gasteiger partial charge in [-0.3, -0.25) is 4.79 Å². The highest BCUT2D eigenvalue weighted by Crippen LogP contribution is 2.39. The number of esters is 3. The summed E-state index contributed by atoms with van der Waals surface area (Å²) in [7, 11) is 0. The van der Waals surface area contributed by atoms with E-state index in [2.05, 4.69) is 13.2 Å². The van der Waals surface area contributed by atoms with Gasteiger partial charge in [0.05, 0.1) is 11.5 Å². The Morgan fingerprint density at radius 3 is 2.36 bits per heavy atom. The summed E-state index contributed by atoms with van der Waals surface area (Å²) in [6, 6.07) is 8.33. The molecule has 172 valence electrons. The minimum absolute atomic E-state index is 0.104. The van der Waals surface area contributed by atoms with Crippen molar-refractivity contribution >= 4 is 23.7 Å². The number of carbonyl (C=O) groups is 4. The number of allylic oxidation sites excluding steroid dienone is 2. The second-order valence-electron chi connectivity index (χ2n) is 8.32. The van der Waals surface area contributed by atoms with Crippen molar-refractivity contribution in [3.63, 3.8) is 0 Å². The molecule has 0 amide bonds. The van der Waals surface area contributed by atoms with Gasteiger partial charge in [-0.15, -0.1) is 0 Å². The van der Waals surface area contributed by atoms with Crippen LogP contribution in [0.2, 0.25) is 0 Å². The normalized spacial score (nSPS) is 28.4. The summed E-state index contributed by atoms with van der Waals surface area (Å²) in [4.78, 5) is 50.3. The maximum atomic E-state index is 12.8. The van der Waals surface area contributed by atoms with Crippen LogP contribution in [0.3, 0.4) is 0 Å². The van der Waals surface area contributed by atoms with Crippen molar-refractivity contribution in [2.75, 3.05) is 0 Å². The van der Waals surface area contributed by atoms with Gasteiger partial charge in [0.15, 0.2) is 18.0 Å². The van der Waals surface area contributed by atoms with Gasteiger partial charge in [-0.05, 0) is 50.6 Å². The molecule has 1 fully saturated rings. The molecule has 1 heterocycles. The van der Waals surface area contributed by atoms with Gasteiger partial charge >= 0.3 is 17.9 Å². The van der Waals surface area contributed by atoms with E-state index in [-0.39, 0.29) is 23.4 Å². The van der Waals surface area contributed by atoms with Crippen molar-refractivity contribution in [1.29, 1.82) is 0 Å². The van der Waals surface area contributed by atoms with E-state index in [1.54, 1.807) is 44.2 Å². The molecule has 4 atom stereocenters. The predicted octanol–water partition coefficient (Wildman–Crippen LogP) is 3.66. The fourth-order valence-electron chi connectivity index (χ4n) is 3.92. The van der Waals surface area contributed by atoms with Gasteiger partial charge in [-0.1, -0.05) is 36.9 Å². The maximum Gasteiger partial charge on any atom is 0.338 e. The van der Waals surface area contributed by atoms with E-state index in [0.717, 1.165) is 0 Å². The summed E-state index contributed by atoms with van der Waals surface area (Å²) in [6.07, 6.45) is -0.0804. The summed E-state index contributed by atoms with van der Waals surface area (Å²) in [5.41, 5.74) is 1.62. The third kappa shape index (κ3) is 5.37. The van der Waals surface area contributed by atoms with Gasteiger partial charge in [0.1, 0.15) is 6.10 Å². The van der Waals surface area contributed by atoms with Crippen LogP contribution < -0.4 is 0 Å². The number of fused-ring (bicyclic) bond motifs is 1. The van der Waals surface area contributed by atoms with Crippen molar-refractivity contribution in [1.82, 2.24) is 0 Å². The summed E-state index contributed by atoms with van der Waals surface area (Å²) in [6.45, 7) is 12.3. The average Bonchev–Trinajstić information content (AvgIpc) is 3.04. The molecule has 7 nitrogen and oxygen atoms in total. The number of hydrogen-bond acceptors (Lipinski definition) is 7. The fourth-order valence-corrected chi connectivity index (χ4v) is 3.92. The van der Waals surface area contributed by atoms with Gasteiger partial charge < -0.3 is 14.2 Å². The molecule has 1 aliphatic heterocycles. The zero-order valence-electron chi connectivity index (χ0n) is 18.8. The first-order valence-corrected chi connectivity index (χ1v) is 10.5. The van der Waals surface area contributed by atoms with Crippen molar-refractivity contribution in [2.24, 2.45) is 5.92 Å². The SMILES string of the molecule is C=C(C)C(=O)O[C@H]1C/C(C)=C/C(=O)/C=C(/C)[C@@H](OC(=O)c2ccccc2)[C@H]2OC(=O)C(=C)C12. The lowest BCUT2D eigenvalue weighted by Crippen LogP contribution is -2.43.